The Balaban J connectivity index is 1.60. The number of nitrogens with zero attached hydrogens (tertiary/aromatic N) is 2. The lowest BCUT2D eigenvalue weighted by molar-refractivity contribution is -0.124. The monoisotopic (exact) mass is 376 g/mol. The molecule has 3 rings (SSSR count). The molecule has 2 amide bonds. The summed E-state index contributed by atoms with van der Waals surface area (Å²) in [5.41, 5.74) is 0.332. The first-order valence-corrected chi connectivity index (χ1v) is 8.99. The third-order valence-corrected chi connectivity index (χ3v) is 4.52. The molecule has 2 N–H and O–H groups in total. The van der Waals surface area contributed by atoms with Gasteiger partial charge in [-0.3, -0.25) is 9.59 Å². The van der Waals surface area contributed by atoms with Crippen LogP contribution in [-0.2, 0) is 11.3 Å². The minimum atomic E-state index is -0.704. The van der Waals surface area contributed by atoms with Gasteiger partial charge in [-0.2, -0.15) is 4.98 Å². The number of carbonyl (C=O) groups is 2. The lowest BCUT2D eigenvalue weighted by Crippen LogP contribution is -2.49. The number of hydrogen-bond donors (Lipinski definition) is 2. The van der Waals surface area contributed by atoms with Gasteiger partial charge in [0.25, 0.3) is 5.91 Å². The largest absolute Gasteiger partial charge is 0.345 e. The van der Waals surface area contributed by atoms with Crippen molar-refractivity contribution < 1.29 is 14.1 Å². The van der Waals surface area contributed by atoms with Gasteiger partial charge in [-0.1, -0.05) is 42.7 Å². The molecule has 2 aromatic rings. The first-order valence-electron chi connectivity index (χ1n) is 8.61. The van der Waals surface area contributed by atoms with Crippen molar-refractivity contribution in [2.75, 3.05) is 0 Å². The lowest BCUT2D eigenvalue weighted by atomic mass is 10.0. The average Bonchev–Trinajstić information content (AvgIpc) is 3.36. The van der Waals surface area contributed by atoms with Crippen LogP contribution >= 0.6 is 11.6 Å². The maximum absolute atomic E-state index is 12.5. The van der Waals surface area contributed by atoms with E-state index in [1.807, 2.05) is 13.8 Å². The van der Waals surface area contributed by atoms with Gasteiger partial charge in [-0.15, -0.1) is 0 Å². The second-order valence-electron chi connectivity index (χ2n) is 6.71. The molecule has 1 saturated carbocycles. The molecule has 1 aliphatic rings. The highest BCUT2D eigenvalue weighted by Gasteiger charge is 2.29. The number of benzene rings is 1. The summed E-state index contributed by atoms with van der Waals surface area (Å²) in [5, 5.41) is 9.73. The minimum absolute atomic E-state index is 0.105. The van der Waals surface area contributed by atoms with Crippen LogP contribution in [0.1, 0.15) is 54.7 Å². The number of amides is 2. The number of rotatable bonds is 7. The van der Waals surface area contributed by atoms with Crippen molar-refractivity contribution >= 4 is 23.4 Å². The summed E-state index contributed by atoms with van der Waals surface area (Å²) in [6.07, 6.45) is 2.16. The Hall–Kier alpha value is -2.41. The molecule has 0 saturated heterocycles. The van der Waals surface area contributed by atoms with E-state index in [-0.39, 0.29) is 18.4 Å². The van der Waals surface area contributed by atoms with Crippen LogP contribution in [0.25, 0.3) is 0 Å². The number of nitrogens with one attached hydrogen (secondary N) is 2. The van der Waals surface area contributed by atoms with Gasteiger partial charge >= 0.3 is 0 Å². The number of halogens is 1. The fourth-order valence-corrected chi connectivity index (χ4v) is 2.74. The molecule has 0 bridgehead atoms. The molecular weight excluding hydrogens is 356 g/mol. The quantitative estimate of drug-likeness (QED) is 0.774. The van der Waals surface area contributed by atoms with Crippen LogP contribution in [0.4, 0.5) is 0 Å². The van der Waals surface area contributed by atoms with E-state index in [1.54, 1.807) is 24.3 Å². The van der Waals surface area contributed by atoms with Crippen LogP contribution in [0, 0.1) is 5.92 Å². The summed E-state index contributed by atoms with van der Waals surface area (Å²) < 4.78 is 5.14. The fourth-order valence-electron chi connectivity index (χ4n) is 2.52. The smallest absolute Gasteiger partial charge is 0.253 e. The lowest BCUT2D eigenvalue weighted by Gasteiger charge is -2.21. The van der Waals surface area contributed by atoms with Gasteiger partial charge in [0, 0.05) is 5.92 Å². The van der Waals surface area contributed by atoms with Crippen molar-refractivity contribution in [3.8, 4) is 0 Å². The third kappa shape index (κ3) is 4.40. The fraction of sp³-hybridized carbons (Fsp3) is 0.444. The molecule has 1 unspecified atom stereocenters. The predicted molar refractivity (Wildman–Crippen MR) is 95.7 cm³/mol. The second-order valence-corrected chi connectivity index (χ2v) is 7.12. The topological polar surface area (TPSA) is 97.1 Å². The molecule has 1 heterocycles. The van der Waals surface area contributed by atoms with Crippen molar-refractivity contribution in [3.05, 3.63) is 46.6 Å². The summed E-state index contributed by atoms with van der Waals surface area (Å²) in [6.45, 7) is 3.84. The van der Waals surface area contributed by atoms with E-state index in [2.05, 4.69) is 20.8 Å². The summed E-state index contributed by atoms with van der Waals surface area (Å²) >= 11 is 6.05. The van der Waals surface area contributed by atoms with Crippen LogP contribution in [-0.4, -0.2) is 28.0 Å². The molecule has 0 radical (unpaired) electrons. The van der Waals surface area contributed by atoms with Crippen LogP contribution in [0.2, 0.25) is 5.02 Å². The zero-order valence-electron chi connectivity index (χ0n) is 14.7. The Kier molecular flexibility index (Phi) is 5.56. The number of carbonyl (C=O) groups excluding carboxylic acids is 2. The van der Waals surface area contributed by atoms with Crippen molar-refractivity contribution in [3.63, 3.8) is 0 Å². The standard InChI is InChI=1S/C18H21ClN4O3/c1-10(2)15(22-17(24)12-5-3-4-6-13(12)19)18(25)20-9-14-21-16(23-26-14)11-7-8-11/h3-6,10-11,15H,7-9H2,1-2H3,(H,20,25)(H,22,24). The van der Waals surface area contributed by atoms with E-state index in [0.717, 1.165) is 12.8 Å². The molecule has 1 atom stereocenters. The normalized spacial score (nSPS) is 14.9. The van der Waals surface area contributed by atoms with Gasteiger partial charge in [0.2, 0.25) is 11.8 Å². The zero-order chi connectivity index (χ0) is 18.7. The predicted octanol–water partition coefficient (Wildman–Crippen LogP) is 2.67. The Morgan fingerprint density at radius 3 is 2.69 bits per heavy atom. The van der Waals surface area contributed by atoms with Gasteiger partial charge in [0.05, 0.1) is 17.1 Å². The van der Waals surface area contributed by atoms with Crippen molar-refractivity contribution in [2.24, 2.45) is 5.92 Å². The van der Waals surface area contributed by atoms with Gasteiger partial charge in [0.1, 0.15) is 6.04 Å². The van der Waals surface area contributed by atoms with Crippen LogP contribution in [0.15, 0.2) is 28.8 Å². The molecule has 26 heavy (non-hydrogen) atoms. The molecule has 1 aromatic carbocycles. The second kappa shape index (κ2) is 7.86. The maximum atomic E-state index is 12.5. The molecule has 1 aliphatic carbocycles. The number of aromatic nitrogens is 2. The van der Waals surface area contributed by atoms with E-state index < -0.39 is 11.9 Å². The van der Waals surface area contributed by atoms with Crippen molar-refractivity contribution in [2.45, 2.75) is 45.2 Å². The highest BCUT2D eigenvalue weighted by atomic mass is 35.5. The van der Waals surface area contributed by atoms with E-state index in [0.29, 0.717) is 28.2 Å². The Bertz CT molecular complexity index is 801. The SMILES string of the molecule is CC(C)C(NC(=O)c1ccccc1Cl)C(=O)NCc1nc(C2CC2)no1. The molecule has 7 nitrogen and oxygen atoms in total. The van der Waals surface area contributed by atoms with E-state index in [1.165, 1.54) is 0 Å². The molecule has 0 aliphatic heterocycles. The van der Waals surface area contributed by atoms with Gasteiger partial charge in [-0.05, 0) is 30.9 Å². The highest BCUT2D eigenvalue weighted by molar-refractivity contribution is 6.33. The maximum Gasteiger partial charge on any atom is 0.253 e. The van der Waals surface area contributed by atoms with E-state index >= 15 is 0 Å². The van der Waals surface area contributed by atoms with E-state index in [4.69, 9.17) is 16.1 Å². The first kappa shape index (κ1) is 18.4. The minimum Gasteiger partial charge on any atom is -0.345 e. The highest BCUT2D eigenvalue weighted by Crippen LogP contribution is 2.38. The first-order chi connectivity index (χ1) is 12.5. The summed E-state index contributed by atoms with van der Waals surface area (Å²) in [6, 6.07) is 6.01. The third-order valence-electron chi connectivity index (χ3n) is 4.19. The molecule has 138 valence electrons. The molecule has 0 spiro atoms. The van der Waals surface area contributed by atoms with Gasteiger partial charge < -0.3 is 15.2 Å². The van der Waals surface area contributed by atoms with Crippen LogP contribution in [0.3, 0.4) is 0 Å². The Morgan fingerprint density at radius 2 is 2.04 bits per heavy atom. The molecule has 1 fully saturated rings. The molecule has 8 heteroatoms. The summed E-state index contributed by atoms with van der Waals surface area (Å²) in [5.74, 6) is 0.638. The van der Waals surface area contributed by atoms with E-state index in [9.17, 15) is 9.59 Å². The summed E-state index contributed by atoms with van der Waals surface area (Å²) in [7, 11) is 0. The molecular formula is C18H21ClN4O3. The average molecular weight is 377 g/mol. The number of hydrogen-bond acceptors (Lipinski definition) is 5. The molecule has 1 aromatic heterocycles. The van der Waals surface area contributed by atoms with Crippen molar-refractivity contribution in [1.29, 1.82) is 0 Å². The zero-order valence-corrected chi connectivity index (χ0v) is 15.4. The van der Waals surface area contributed by atoms with Gasteiger partial charge in [-0.25, -0.2) is 0 Å². The Labute approximate surface area is 156 Å². The van der Waals surface area contributed by atoms with Crippen LogP contribution < -0.4 is 10.6 Å². The summed E-state index contributed by atoms with van der Waals surface area (Å²) in [4.78, 5) is 29.2. The van der Waals surface area contributed by atoms with Gasteiger partial charge in [0.15, 0.2) is 5.82 Å². The van der Waals surface area contributed by atoms with Crippen molar-refractivity contribution in [1.82, 2.24) is 20.8 Å². The Morgan fingerprint density at radius 1 is 1.31 bits per heavy atom. The van der Waals surface area contributed by atoms with Crippen LogP contribution in [0.5, 0.6) is 0 Å².